The molecule has 100 valence electrons. The fourth-order valence-electron chi connectivity index (χ4n) is 1.48. The van der Waals surface area contributed by atoms with Crippen LogP contribution in [-0.2, 0) is 4.57 Å². The quantitative estimate of drug-likeness (QED) is 0.740. The van der Waals surface area contributed by atoms with Crippen LogP contribution in [0.5, 0.6) is 5.75 Å². The predicted octanol–water partition coefficient (Wildman–Crippen LogP) is 5.42. The minimum atomic E-state index is -2.97. The molecule has 2 aromatic rings. The maximum Gasteiger partial charge on any atom is 0.338 e. The molecule has 0 aromatic heterocycles. The monoisotopic (exact) mass is 359 g/mol. The van der Waals surface area contributed by atoms with Gasteiger partial charge in [-0.25, -0.2) is 0 Å². The molecule has 0 aliphatic rings. The van der Waals surface area contributed by atoms with Crippen LogP contribution in [0.15, 0.2) is 53.0 Å². The molecule has 0 saturated carbocycles. The van der Waals surface area contributed by atoms with Crippen molar-refractivity contribution in [1.29, 1.82) is 0 Å². The van der Waals surface area contributed by atoms with E-state index in [1.807, 2.05) is 24.3 Å². The Hall–Kier alpha value is -0.960. The van der Waals surface area contributed by atoms with Gasteiger partial charge in [0.1, 0.15) is 5.75 Å². The summed E-state index contributed by atoms with van der Waals surface area (Å²) in [4.78, 5) is 0. The second kappa shape index (κ2) is 6.00. The third-order valence-electron chi connectivity index (χ3n) is 2.27. The highest BCUT2D eigenvalue weighted by atomic mass is 79.9. The van der Waals surface area contributed by atoms with E-state index in [9.17, 15) is 4.57 Å². The van der Waals surface area contributed by atoms with Gasteiger partial charge in [0.05, 0.1) is 0 Å². The lowest BCUT2D eigenvalue weighted by molar-refractivity contribution is 0.493. The van der Waals surface area contributed by atoms with Crippen molar-refractivity contribution in [3.05, 3.63) is 58.0 Å². The molecule has 0 spiro atoms. The van der Waals surface area contributed by atoms with Gasteiger partial charge in [0.15, 0.2) is 0 Å². The van der Waals surface area contributed by atoms with Gasteiger partial charge in [-0.1, -0.05) is 27.5 Å². The van der Waals surface area contributed by atoms with Gasteiger partial charge >= 0.3 is 7.52 Å². The van der Waals surface area contributed by atoms with Crippen LogP contribution in [0.25, 0.3) is 0 Å². The average molecular weight is 361 g/mol. The van der Waals surface area contributed by atoms with Gasteiger partial charge < -0.3 is 9.61 Å². The Morgan fingerprint density at radius 2 is 1.68 bits per heavy atom. The number of rotatable bonds is 4. The van der Waals surface area contributed by atoms with E-state index in [4.69, 9.17) is 16.1 Å². The summed E-state index contributed by atoms with van der Waals surface area (Å²) >= 11 is 9.13. The Bertz CT molecular complexity index is 550. The topological polar surface area (TPSA) is 38.3 Å². The molecule has 3 nitrogen and oxygen atoms in total. The molecule has 0 heterocycles. The molecule has 19 heavy (non-hydrogen) atoms. The molecule has 1 N–H and O–H groups in total. The smallest absolute Gasteiger partial charge is 0.338 e. The van der Waals surface area contributed by atoms with Crippen molar-refractivity contribution in [3.63, 3.8) is 0 Å². The normalized spacial score (nSPS) is 13.6. The molecule has 1 atom stereocenters. The third kappa shape index (κ3) is 4.57. The Kier molecular flexibility index (Phi) is 4.56. The van der Waals surface area contributed by atoms with E-state index in [1.54, 1.807) is 24.3 Å². The van der Waals surface area contributed by atoms with Gasteiger partial charge in [-0.2, -0.15) is 0 Å². The largest absolute Gasteiger partial charge is 0.429 e. The first-order valence-electron chi connectivity index (χ1n) is 5.51. The van der Waals surface area contributed by atoms with Crippen molar-refractivity contribution in [2.45, 2.75) is 0 Å². The first-order valence-corrected chi connectivity index (χ1v) is 8.75. The van der Waals surface area contributed by atoms with Gasteiger partial charge in [0.2, 0.25) is 0 Å². The summed E-state index contributed by atoms with van der Waals surface area (Å²) in [6, 6.07) is 14.1. The van der Waals surface area contributed by atoms with Crippen LogP contribution in [0.4, 0.5) is 5.69 Å². The van der Waals surface area contributed by atoms with Gasteiger partial charge in [-0.3, -0.25) is 4.57 Å². The first-order chi connectivity index (χ1) is 8.94. The minimum Gasteiger partial charge on any atom is -0.429 e. The van der Waals surface area contributed by atoms with Crippen LogP contribution >= 0.6 is 35.1 Å². The fourth-order valence-corrected chi connectivity index (χ4v) is 3.06. The second-order valence-corrected chi connectivity index (χ2v) is 7.46. The molecule has 0 radical (unpaired) electrons. The van der Waals surface area contributed by atoms with Gasteiger partial charge in [-0.15, -0.1) is 0 Å². The predicted molar refractivity (Wildman–Crippen MR) is 83.4 cm³/mol. The molecular formula is C13H12BrClNO2P. The van der Waals surface area contributed by atoms with Crippen LogP contribution < -0.4 is 9.61 Å². The van der Waals surface area contributed by atoms with Crippen molar-refractivity contribution in [1.82, 2.24) is 0 Å². The summed E-state index contributed by atoms with van der Waals surface area (Å²) in [6.45, 7) is 1.53. The van der Waals surface area contributed by atoms with E-state index in [0.29, 0.717) is 10.8 Å². The zero-order valence-corrected chi connectivity index (χ0v) is 13.4. The lowest BCUT2D eigenvalue weighted by Crippen LogP contribution is -2.01. The molecule has 6 heteroatoms. The SMILES string of the molecule is C[P@](=O)(Nc1ccc(Br)cc1)Oc1ccc(Cl)cc1. The zero-order valence-electron chi connectivity index (χ0n) is 10.1. The second-order valence-electron chi connectivity index (χ2n) is 4.01. The molecule has 2 aromatic carbocycles. The highest BCUT2D eigenvalue weighted by molar-refractivity contribution is 9.10. The molecule has 0 bridgehead atoms. The van der Waals surface area contributed by atoms with Crippen LogP contribution in [0.2, 0.25) is 5.02 Å². The Morgan fingerprint density at radius 3 is 2.26 bits per heavy atom. The summed E-state index contributed by atoms with van der Waals surface area (Å²) in [7, 11) is -2.97. The first kappa shape index (κ1) is 14.4. The van der Waals surface area contributed by atoms with Crippen molar-refractivity contribution in [3.8, 4) is 5.75 Å². The summed E-state index contributed by atoms with van der Waals surface area (Å²) in [6.07, 6.45) is 0. The van der Waals surface area contributed by atoms with E-state index >= 15 is 0 Å². The van der Waals surface area contributed by atoms with Crippen LogP contribution in [0.3, 0.4) is 0 Å². The molecular weight excluding hydrogens is 348 g/mol. The summed E-state index contributed by atoms with van der Waals surface area (Å²) in [5.74, 6) is 0.514. The van der Waals surface area contributed by atoms with Crippen LogP contribution in [-0.4, -0.2) is 6.66 Å². The Balaban J connectivity index is 2.08. The lowest BCUT2D eigenvalue weighted by atomic mass is 10.3. The number of benzene rings is 2. The Morgan fingerprint density at radius 1 is 1.11 bits per heavy atom. The summed E-state index contributed by atoms with van der Waals surface area (Å²) in [5.41, 5.74) is 0.739. The standard InChI is InChI=1S/C13H12BrClNO2P/c1-19(17,16-12-6-2-10(14)3-7-12)18-13-8-4-11(15)5-9-13/h2-9H,1H3,(H,16,17)/t19-/m1/s1. The van der Waals surface area contributed by atoms with Gasteiger partial charge in [-0.05, 0) is 48.5 Å². The van der Waals surface area contributed by atoms with E-state index in [-0.39, 0.29) is 0 Å². The highest BCUT2D eigenvalue weighted by Crippen LogP contribution is 2.43. The average Bonchev–Trinajstić information content (AvgIpc) is 2.34. The lowest BCUT2D eigenvalue weighted by Gasteiger charge is -2.17. The fraction of sp³-hybridized carbons (Fsp3) is 0.0769. The molecule has 0 aliphatic heterocycles. The molecule has 0 saturated heterocycles. The third-order valence-corrected chi connectivity index (χ3v) is 4.27. The van der Waals surface area contributed by atoms with Gasteiger partial charge in [0, 0.05) is 21.8 Å². The number of anilines is 1. The zero-order chi connectivity index (χ0) is 13.9. The maximum absolute atomic E-state index is 12.3. The summed E-state index contributed by atoms with van der Waals surface area (Å²) in [5, 5.41) is 3.50. The molecule has 0 amide bonds. The van der Waals surface area contributed by atoms with E-state index < -0.39 is 7.52 Å². The van der Waals surface area contributed by atoms with Gasteiger partial charge in [0.25, 0.3) is 0 Å². The summed E-state index contributed by atoms with van der Waals surface area (Å²) < 4.78 is 18.8. The van der Waals surface area contributed by atoms with Crippen LogP contribution in [0.1, 0.15) is 0 Å². The highest BCUT2D eigenvalue weighted by Gasteiger charge is 2.17. The number of hydrogen-bond donors (Lipinski definition) is 1. The Labute approximate surface area is 125 Å². The number of nitrogens with one attached hydrogen (secondary N) is 1. The molecule has 0 aliphatic carbocycles. The van der Waals surface area contributed by atoms with Crippen molar-refractivity contribution < 1.29 is 9.09 Å². The van der Waals surface area contributed by atoms with E-state index in [1.165, 1.54) is 6.66 Å². The van der Waals surface area contributed by atoms with E-state index in [2.05, 4.69) is 21.0 Å². The van der Waals surface area contributed by atoms with Crippen molar-refractivity contribution >= 4 is 40.7 Å². The minimum absolute atomic E-state index is 0.514. The van der Waals surface area contributed by atoms with Crippen LogP contribution in [0, 0.1) is 0 Å². The van der Waals surface area contributed by atoms with E-state index in [0.717, 1.165) is 10.2 Å². The van der Waals surface area contributed by atoms with Crippen molar-refractivity contribution in [2.24, 2.45) is 0 Å². The molecule has 0 unspecified atom stereocenters. The maximum atomic E-state index is 12.3. The molecule has 2 rings (SSSR count). The molecule has 0 fully saturated rings. The van der Waals surface area contributed by atoms with Crippen molar-refractivity contribution in [2.75, 3.05) is 11.8 Å². The number of halogens is 2. The number of hydrogen-bond acceptors (Lipinski definition) is 2.